The second-order valence-corrected chi connectivity index (χ2v) is 5.00. The van der Waals surface area contributed by atoms with Crippen LogP contribution in [-0.4, -0.2) is 16.2 Å². The van der Waals surface area contributed by atoms with E-state index in [0.717, 1.165) is 0 Å². The van der Waals surface area contributed by atoms with Crippen molar-refractivity contribution in [2.45, 2.75) is 0 Å². The van der Waals surface area contributed by atoms with Crippen LogP contribution in [0.5, 0.6) is 28.7 Å². The lowest BCUT2D eigenvalue weighted by molar-refractivity contribution is 0.0697. The molecule has 0 saturated carbocycles. The highest BCUT2D eigenvalue weighted by Crippen LogP contribution is 2.27. The number of hydrogen-bond acceptors (Lipinski definition) is 4. The molecule has 3 aromatic rings. The average Bonchev–Trinajstić information content (AvgIpc) is 2.59. The predicted molar refractivity (Wildman–Crippen MR) is 88.1 cm³/mol. The molecule has 0 spiro atoms. The Kier molecular flexibility index (Phi) is 4.34. The molecule has 0 aromatic heterocycles. The van der Waals surface area contributed by atoms with E-state index in [2.05, 4.69) is 0 Å². The fourth-order valence-electron chi connectivity index (χ4n) is 2.03. The van der Waals surface area contributed by atoms with Crippen molar-refractivity contribution in [2.24, 2.45) is 0 Å². The van der Waals surface area contributed by atoms with Gasteiger partial charge in [0.05, 0.1) is 5.56 Å². The summed E-state index contributed by atoms with van der Waals surface area (Å²) in [6, 6.07) is 19.6. The summed E-state index contributed by atoms with van der Waals surface area (Å²) in [7, 11) is 0. The third kappa shape index (κ3) is 3.84. The van der Waals surface area contributed by atoms with Crippen molar-refractivity contribution in [2.75, 3.05) is 0 Å². The van der Waals surface area contributed by atoms with Crippen molar-refractivity contribution in [3.8, 4) is 28.7 Å². The van der Waals surface area contributed by atoms with Gasteiger partial charge >= 0.3 is 5.97 Å². The largest absolute Gasteiger partial charge is 0.508 e. The zero-order chi connectivity index (χ0) is 16.9. The summed E-state index contributed by atoms with van der Waals surface area (Å²) in [5, 5.41) is 18.1. The Labute approximate surface area is 138 Å². The van der Waals surface area contributed by atoms with Crippen LogP contribution >= 0.6 is 0 Å². The number of carboxylic acids is 1. The molecule has 0 unspecified atom stereocenters. The molecule has 24 heavy (non-hydrogen) atoms. The Morgan fingerprint density at radius 1 is 0.625 bits per heavy atom. The Bertz CT molecular complexity index is 821. The number of phenolic OH excluding ortho intramolecular Hbond substituents is 1. The van der Waals surface area contributed by atoms with E-state index in [4.69, 9.17) is 14.6 Å². The van der Waals surface area contributed by atoms with E-state index < -0.39 is 5.97 Å². The molecule has 120 valence electrons. The molecule has 0 aliphatic carbocycles. The third-order valence-corrected chi connectivity index (χ3v) is 3.23. The van der Waals surface area contributed by atoms with Crippen LogP contribution in [0.25, 0.3) is 0 Å². The molecule has 0 aliphatic rings. The van der Waals surface area contributed by atoms with Gasteiger partial charge in [-0.2, -0.15) is 0 Å². The van der Waals surface area contributed by atoms with Crippen molar-refractivity contribution in [1.82, 2.24) is 0 Å². The Hall–Kier alpha value is -3.47. The summed E-state index contributed by atoms with van der Waals surface area (Å²) < 4.78 is 11.3. The second kappa shape index (κ2) is 6.75. The molecule has 3 aromatic carbocycles. The van der Waals surface area contributed by atoms with E-state index in [1.807, 2.05) is 0 Å². The lowest BCUT2D eigenvalue weighted by Gasteiger charge is -2.08. The maximum atomic E-state index is 10.8. The van der Waals surface area contributed by atoms with Crippen LogP contribution in [0.2, 0.25) is 0 Å². The van der Waals surface area contributed by atoms with Crippen LogP contribution in [0, 0.1) is 0 Å². The highest BCUT2D eigenvalue weighted by Gasteiger charge is 2.04. The molecule has 0 radical (unpaired) electrons. The van der Waals surface area contributed by atoms with Crippen LogP contribution in [0.4, 0.5) is 0 Å². The van der Waals surface area contributed by atoms with Gasteiger partial charge in [0.2, 0.25) is 0 Å². The van der Waals surface area contributed by atoms with Crippen LogP contribution in [0.1, 0.15) is 10.4 Å². The quantitative estimate of drug-likeness (QED) is 0.713. The maximum absolute atomic E-state index is 10.8. The maximum Gasteiger partial charge on any atom is 0.335 e. The highest BCUT2D eigenvalue weighted by molar-refractivity contribution is 5.87. The van der Waals surface area contributed by atoms with Crippen molar-refractivity contribution < 1.29 is 24.5 Å². The van der Waals surface area contributed by atoms with Gasteiger partial charge in [0.15, 0.2) is 0 Å². The van der Waals surface area contributed by atoms with Gasteiger partial charge in [-0.1, -0.05) is 0 Å². The number of rotatable bonds is 5. The van der Waals surface area contributed by atoms with E-state index in [1.165, 1.54) is 12.1 Å². The van der Waals surface area contributed by atoms with Gasteiger partial charge in [-0.05, 0) is 72.8 Å². The van der Waals surface area contributed by atoms with Crippen molar-refractivity contribution in [3.63, 3.8) is 0 Å². The molecule has 2 N–H and O–H groups in total. The monoisotopic (exact) mass is 322 g/mol. The first-order chi connectivity index (χ1) is 11.6. The number of aromatic hydroxyl groups is 1. The summed E-state index contributed by atoms with van der Waals surface area (Å²) in [6.07, 6.45) is 0. The summed E-state index contributed by atoms with van der Waals surface area (Å²) in [6.45, 7) is 0. The van der Waals surface area contributed by atoms with Gasteiger partial charge in [-0.15, -0.1) is 0 Å². The van der Waals surface area contributed by atoms with Crippen molar-refractivity contribution in [3.05, 3.63) is 78.4 Å². The fraction of sp³-hybridized carbons (Fsp3) is 0. The first-order valence-corrected chi connectivity index (χ1v) is 7.18. The van der Waals surface area contributed by atoms with E-state index in [9.17, 15) is 9.90 Å². The zero-order valence-electron chi connectivity index (χ0n) is 12.5. The topological polar surface area (TPSA) is 76.0 Å². The van der Waals surface area contributed by atoms with Gasteiger partial charge in [0.1, 0.15) is 28.7 Å². The van der Waals surface area contributed by atoms with Gasteiger partial charge in [0, 0.05) is 0 Å². The molecule has 0 saturated heterocycles. The molecular weight excluding hydrogens is 308 g/mol. The Balaban J connectivity index is 1.65. The minimum Gasteiger partial charge on any atom is -0.508 e. The fourth-order valence-corrected chi connectivity index (χ4v) is 2.03. The molecule has 0 amide bonds. The molecular formula is C19H14O5. The van der Waals surface area contributed by atoms with Crippen molar-refractivity contribution in [1.29, 1.82) is 0 Å². The minimum atomic E-state index is -0.975. The Morgan fingerprint density at radius 2 is 0.958 bits per heavy atom. The lowest BCUT2D eigenvalue weighted by atomic mass is 10.2. The minimum absolute atomic E-state index is 0.181. The van der Waals surface area contributed by atoms with Gasteiger partial charge in [-0.25, -0.2) is 4.79 Å². The summed E-state index contributed by atoms with van der Waals surface area (Å²) in [5.41, 5.74) is 0.208. The number of carboxylic acid groups (broad SMARTS) is 1. The molecule has 0 heterocycles. The van der Waals surface area contributed by atoms with Gasteiger partial charge in [0.25, 0.3) is 0 Å². The third-order valence-electron chi connectivity index (χ3n) is 3.23. The first kappa shape index (κ1) is 15.4. The average molecular weight is 322 g/mol. The number of aromatic carboxylic acids is 1. The molecule has 0 aliphatic heterocycles. The SMILES string of the molecule is O=C(O)c1ccc(Oc2ccc(Oc3ccc(O)cc3)cc2)cc1. The number of carbonyl (C=O) groups is 1. The van der Waals surface area contributed by atoms with Crippen LogP contribution < -0.4 is 9.47 Å². The first-order valence-electron chi connectivity index (χ1n) is 7.18. The molecule has 5 heteroatoms. The zero-order valence-corrected chi connectivity index (χ0v) is 12.5. The number of hydrogen-bond donors (Lipinski definition) is 2. The number of ether oxygens (including phenoxy) is 2. The second-order valence-electron chi connectivity index (χ2n) is 5.00. The molecule has 3 rings (SSSR count). The smallest absolute Gasteiger partial charge is 0.335 e. The van der Waals surface area contributed by atoms with E-state index in [-0.39, 0.29) is 11.3 Å². The molecule has 5 nitrogen and oxygen atoms in total. The Morgan fingerprint density at radius 3 is 1.33 bits per heavy atom. The molecule has 0 fully saturated rings. The van der Waals surface area contributed by atoms with Crippen LogP contribution in [0.15, 0.2) is 72.8 Å². The van der Waals surface area contributed by atoms with Gasteiger partial charge in [-0.3, -0.25) is 0 Å². The highest BCUT2D eigenvalue weighted by atomic mass is 16.5. The summed E-state index contributed by atoms with van der Waals surface area (Å²) in [5.74, 6) is 1.61. The predicted octanol–water partition coefficient (Wildman–Crippen LogP) is 4.68. The van der Waals surface area contributed by atoms with Gasteiger partial charge < -0.3 is 19.7 Å². The van der Waals surface area contributed by atoms with E-state index in [1.54, 1.807) is 60.7 Å². The number of phenols is 1. The standard InChI is InChI=1S/C19H14O5/c20-14-3-7-16(8-4-14)24-18-11-9-17(10-12-18)23-15-5-1-13(2-6-15)19(21)22/h1-12,20H,(H,21,22). The molecule has 0 atom stereocenters. The van der Waals surface area contributed by atoms with Crippen LogP contribution in [-0.2, 0) is 0 Å². The summed E-state index contributed by atoms with van der Waals surface area (Å²) >= 11 is 0. The normalized spacial score (nSPS) is 10.2. The lowest BCUT2D eigenvalue weighted by Crippen LogP contribution is -1.95. The van der Waals surface area contributed by atoms with Crippen LogP contribution in [0.3, 0.4) is 0 Å². The van der Waals surface area contributed by atoms with E-state index >= 15 is 0 Å². The van der Waals surface area contributed by atoms with E-state index in [0.29, 0.717) is 23.0 Å². The molecule has 0 bridgehead atoms. The number of benzene rings is 3. The van der Waals surface area contributed by atoms with Crippen molar-refractivity contribution >= 4 is 5.97 Å². The summed E-state index contributed by atoms with van der Waals surface area (Å²) in [4.78, 5) is 10.8.